The molecule has 1 atom stereocenters. The van der Waals surface area contributed by atoms with Crippen molar-refractivity contribution in [3.8, 4) is 17.6 Å². The van der Waals surface area contributed by atoms with Crippen LogP contribution in [0.5, 0.6) is 11.5 Å². The molecule has 1 aliphatic rings. The summed E-state index contributed by atoms with van der Waals surface area (Å²) in [6, 6.07) is 19.4. The number of benzene rings is 2. The van der Waals surface area contributed by atoms with Crippen molar-refractivity contribution in [1.82, 2.24) is 5.32 Å². The second-order valence-electron chi connectivity index (χ2n) is 5.40. The van der Waals surface area contributed by atoms with E-state index in [1.54, 1.807) is 0 Å². The molecule has 0 heterocycles. The monoisotopic (exact) mass is 278 g/mol. The van der Waals surface area contributed by atoms with Crippen LogP contribution in [0.3, 0.4) is 0 Å². The molecule has 1 N–H and O–H groups in total. The molecule has 0 bridgehead atoms. The molecule has 0 radical (unpaired) electrons. The van der Waals surface area contributed by atoms with Gasteiger partial charge < -0.3 is 4.74 Å². The number of nitriles is 1. The van der Waals surface area contributed by atoms with Crippen molar-refractivity contribution in [2.24, 2.45) is 5.92 Å². The van der Waals surface area contributed by atoms with Crippen molar-refractivity contribution in [1.29, 1.82) is 5.26 Å². The molecule has 0 amide bonds. The number of ether oxygens (including phenoxy) is 1. The average molecular weight is 278 g/mol. The molecule has 0 aromatic heterocycles. The molecule has 1 fully saturated rings. The molecule has 3 nitrogen and oxygen atoms in total. The van der Waals surface area contributed by atoms with E-state index in [1.165, 1.54) is 12.8 Å². The Morgan fingerprint density at radius 2 is 1.86 bits per heavy atom. The van der Waals surface area contributed by atoms with Gasteiger partial charge in [-0.15, -0.1) is 0 Å². The van der Waals surface area contributed by atoms with Gasteiger partial charge in [0, 0.05) is 0 Å². The Bertz CT molecular complexity index is 629. The molecule has 3 rings (SSSR count). The van der Waals surface area contributed by atoms with Crippen LogP contribution in [0, 0.1) is 17.2 Å². The molecule has 21 heavy (non-hydrogen) atoms. The standard InChI is InChI=1S/C18H18N2O/c19-12-18(20-13-14-9-10-14)15-5-4-8-17(11-15)21-16-6-2-1-3-7-16/h1-8,11,14,18,20H,9-10,13H2. The second kappa shape index (κ2) is 6.43. The van der Waals surface area contributed by atoms with Gasteiger partial charge in [0.05, 0.1) is 6.07 Å². The van der Waals surface area contributed by atoms with Crippen LogP contribution in [-0.2, 0) is 0 Å². The zero-order chi connectivity index (χ0) is 14.5. The fourth-order valence-corrected chi connectivity index (χ4v) is 2.23. The second-order valence-corrected chi connectivity index (χ2v) is 5.40. The van der Waals surface area contributed by atoms with Crippen LogP contribution < -0.4 is 10.1 Å². The van der Waals surface area contributed by atoms with Gasteiger partial charge in [-0.25, -0.2) is 0 Å². The first-order valence-corrected chi connectivity index (χ1v) is 7.31. The summed E-state index contributed by atoms with van der Waals surface area (Å²) in [5, 5.41) is 12.7. The normalized spacial score (nSPS) is 15.2. The smallest absolute Gasteiger partial charge is 0.127 e. The Morgan fingerprint density at radius 3 is 2.57 bits per heavy atom. The minimum absolute atomic E-state index is 0.273. The van der Waals surface area contributed by atoms with Gasteiger partial charge in [-0.1, -0.05) is 30.3 Å². The van der Waals surface area contributed by atoms with Gasteiger partial charge in [0.25, 0.3) is 0 Å². The van der Waals surface area contributed by atoms with E-state index in [0.29, 0.717) is 0 Å². The van der Waals surface area contributed by atoms with Gasteiger partial charge >= 0.3 is 0 Å². The summed E-state index contributed by atoms with van der Waals surface area (Å²) in [5.74, 6) is 2.31. The Labute approximate surface area is 125 Å². The van der Waals surface area contributed by atoms with E-state index in [0.717, 1.165) is 29.5 Å². The summed E-state index contributed by atoms with van der Waals surface area (Å²) in [5.41, 5.74) is 0.951. The maximum atomic E-state index is 9.34. The van der Waals surface area contributed by atoms with Crippen LogP contribution in [0.1, 0.15) is 24.4 Å². The van der Waals surface area contributed by atoms with Crippen LogP contribution in [0.25, 0.3) is 0 Å². The number of hydrogen-bond acceptors (Lipinski definition) is 3. The van der Waals surface area contributed by atoms with Crippen molar-refractivity contribution < 1.29 is 4.74 Å². The molecule has 0 aliphatic heterocycles. The number of para-hydroxylation sites is 1. The Balaban J connectivity index is 1.70. The van der Waals surface area contributed by atoms with Gasteiger partial charge in [0.2, 0.25) is 0 Å². The van der Waals surface area contributed by atoms with Crippen molar-refractivity contribution >= 4 is 0 Å². The molecule has 1 aliphatic carbocycles. The molecular weight excluding hydrogens is 260 g/mol. The van der Waals surface area contributed by atoms with E-state index in [1.807, 2.05) is 54.6 Å². The minimum atomic E-state index is -0.273. The van der Waals surface area contributed by atoms with E-state index in [-0.39, 0.29) is 6.04 Å². The summed E-state index contributed by atoms with van der Waals surface area (Å²) >= 11 is 0. The largest absolute Gasteiger partial charge is 0.457 e. The highest BCUT2D eigenvalue weighted by Crippen LogP contribution is 2.29. The fraction of sp³-hybridized carbons (Fsp3) is 0.278. The molecular formula is C18H18N2O. The van der Waals surface area contributed by atoms with Crippen LogP contribution >= 0.6 is 0 Å². The van der Waals surface area contributed by atoms with E-state index < -0.39 is 0 Å². The Hall–Kier alpha value is -2.31. The highest BCUT2D eigenvalue weighted by Gasteiger charge is 2.22. The predicted octanol–water partition coefficient (Wildman–Crippen LogP) is 4.04. The topological polar surface area (TPSA) is 45.0 Å². The van der Waals surface area contributed by atoms with Gasteiger partial charge in [0.15, 0.2) is 0 Å². The molecule has 0 saturated heterocycles. The third-order valence-corrected chi connectivity index (χ3v) is 3.61. The SMILES string of the molecule is N#CC(NCC1CC1)c1cccc(Oc2ccccc2)c1. The highest BCUT2D eigenvalue weighted by molar-refractivity contribution is 5.36. The number of nitrogens with one attached hydrogen (secondary N) is 1. The molecule has 106 valence electrons. The van der Waals surface area contributed by atoms with Gasteiger partial charge in [-0.3, -0.25) is 5.32 Å². The van der Waals surface area contributed by atoms with E-state index in [4.69, 9.17) is 4.74 Å². The van der Waals surface area contributed by atoms with Crippen molar-refractivity contribution in [2.75, 3.05) is 6.54 Å². The third-order valence-electron chi connectivity index (χ3n) is 3.61. The fourth-order valence-electron chi connectivity index (χ4n) is 2.23. The zero-order valence-electron chi connectivity index (χ0n) is 11.8. The van der Waals surface area contributed by atoms with E-state index >= 15 is 0 Å². The summed E-state index contributed by atoms with van der Waals surface area (Å²) in [6.07, 6.45) is 2.56. The molecule has 0 spiro atoms. The lowest BCUT2D eigenvalue weighted by molar-refractivity contribution is 0.480. The van der Waals surface area contributed by atoms with Gasteiger partial charge in [-0.2, -0.15) is 5.26 Å². The van der Waals surface area contributed by atoms with E-state index in [2.05, 4.69) is 11.4 Å². The third kappa shape index (κ3) is 3.84. The summed E-state index contributed by atoms with van der Waals surface area (Å²) < 4.78 is 5.81. The molecule has 2 aromatic carbocycles. The van der Waals surface area contributed by atoms with Gasteiger partial charge in [-0.05, 0) is 55.1 Å². The van der Waals surface area contributed by atoms with Crippen molar-refractivity contribution in [3.63, 3.8) is 0 Å². The maximum Gasteiger partial charge on any atom is 0.127 e. The summed E-state index contributed by atoms with van der Waals surface area (Å²) in [7, 11) is 0. The minimum Gasteiger partial charge on any atom is -0.457 e. The lowest BCUT2D eigenvalue weighted by Gasteiger charge is -2.13. The number of hydrogen-bond donors (Lipinski definition) is 1. The van der Waals surface area contributed by atoms with E-state index in [9.17, 15) is 5.26 Å². The maximum absolute atomic E-state index is 9.34. The van der Waals surface area contributed by atoms with Gasteiger partial charge in [0.1, 0.15) is 17.5 Å². The summed E-state index contributed by atoms with van der Waals surface area (Å²) in [6.45, 7) is 0.919. The Kier molecular flexibility index (Phi) is 4.18. The molecule has 1 saturated carbocycles. The van der Waals surface area contributed by atoms with Crippen LogP contribution in [0.4, 0.5) is 0 Å². The quantitative estimate of drug-likeness (QED) is 0.867. The molecule has 3 heteroatoms. The lowest BCUT2D eigenvalue weighted by Crippen LogP contribution is -2.22. The molecule has 1 unspecified atom stereocenters. The van der Waals surface area contributed by atoms with Crippen molar-refractivity contribution in [3.05, 3.63) is 60.2 Å². The molecule has 2 aromatic rings. The average Bonchev–Trinajstić information content (AvgIpc) is 3.34. The predicted molar refractivity (Wildman–Crippen MR) is 82.0 cm³/mol. The highest BCUT2D eigenvalue weighted by atomic mass is 16.5. The first-order chi connectivity index (χ1) is 10.3. The first kappa shape index (κ1) is 13.7. The first-order valence-electron chi connectivity index (χ1n) is 7.31. The Morgan fingerprint density at radius 1 is 1.10 bits per heavy atom. The lowest BCUT2D eigenvalue weighted by atomic mass is 10.1. The zero-order valence-corrected chi connectivity index (χ0v) is 11.8. The van der Waals surface area contributed by atoms with Crippen LogP contribution in [-0.4, -0.2) is 6.54 Å². The number of nitrogens with zero attached hydrogens (tertiary/aromatic N) is 1. The summed E-state index contributed by atoms with van der Waals surface area (Å²) in [4.78, 5) is 0. The van der Waals surface area contributed by atoms with Crippen molar-refractivity contribution in [2.45, 2.75) is 18.9 Å². The van der Waals surface area contributed by atoms with Crippen LogP contribution in [0.15, 0.2) is 54.6 Å². The number of rotatable bonds is 6. The van der Waals surface area contributed by atoms with Crippen LogP contribution in [0.2, 0.25) is 0 Å².